The molecule has 7 nitrogen and oxygen atoms in total. The van der Waals surface area contributed by atoms with Gasteiger partial charge in [0.05, 0.1) is 12.3 Å². The molecule has 2 aromatic heterocycles. The minimum atomic E-state index is -0.794. The van der Waals surface area contributed by atoms with Crippen LogP contribution in [-0.2, 0) is 4.79 Å². The summed E-state index contributed by atoms with van der Waals surface area (Å²) in [5.41, 5.74) is 6.41. The highest BCUT2D eigenvalue weighted by molar-refractivity contribution is 7.17. The summed E-state index contributed by atoms with van der Waals surface area (Å²) < 4.78 is 11.0. The Morgan fingerprint density at radius 3 is 2.52 bits per heavy atom. The van der Waals surface area contributed by atoms with Crippen molar-refractivity contribution >= 4 is 34.5 Å². The number of thiophene rings is 1. The summed E-state index contributed by atoms with van der Waals surface area (Å²) in [4.78, 5) is 29.5. The summed E-state index contributed by atoms with van der Waals surface area (Å²) in [6, 6.07) is 8.93. The number of carbonyl (C=O) groups is 2. The Bertz CT molecular complexity index is 968. The molecule has 0 aliphatic heterocycles. The van der Waals surface area contributed by atoms with Crippen LogP contribution in [0.1, 0.15) is 29.2 Å². The largest absolute Gasteiger partial charge is 0.494 e. The number of amides is 2. The van der Waals surface area contributed by atoms with Gasteiger partial charge in [-0.1, -0.05) is 0 Å². The molecule has 29 heavy (non-hydrogen) atoms. The summed E-state index contributed by atoms with van der Waals surface area (Å²) >= 11 is 2.85. The number of aromatic nitrogens is 1. The number of hydrogen-bond acceptors (Lipinski definition) is 7. The van der Waals surface area contributed by atoms with Crippen LogP contribution in [-0.4, -0.2) is 29.5 Å². The van der Waals surface area contributed by atoms with E-state index >= 15 is 0 Å². The molecule has 2 heterocycles. The topological polar surface area (TPSA) is 89.5 Å². The first kappa shape index (κ1) is 20.8. The van der Waals surface area contributed by atoms with Crippen molar-refractivity contribution in [2.24, 2.45) is 0 Å². The number of ether oxygens (including phenoxy) is 2. The first-order chi connectivity index (χ1) is 14.0. The fraction of sp³-hybridized carbons (Fsp3) is 0.250. The van der Waals surface area contributed by atoms with Gasteiger partial charge in [0.2, 0.25) is 0 Å². The molecular weight excluding hydrogens is 410 g/mol. The maximum Gasteiger partial charge on any atom is 0.281 e. The van der Waals surface area contributed by atoms with Crippen LogP contribution in [0.25, 0.3) is 10.6 Å². The highest BCUT2D eigenvalue weighted by Crippen LogP contribution is 2.29. The number of rotatable bonds is 7. The molecule has 0 spiro atoms. The molecule has 1 unspecified atom stereocenters. The molecular formula is C20H21N3O4S2. The quantitative estimate of drug-likeness (QED) is 0.556. The molecule has 0 saturated heterocycles. The van der Waals surface area contributed by atoms with Crippen molar-refractivity contribution < 1.29 is 19.1 Å². The third-order valence-electron chi connectivity index (χ3n) is 3.89. The Kier molecular flexibility index (Phi) is 6.84. The van der Waals surface area contributed by atoms with Gasteiger partial charge in [-0.15, -0.1) is 11.3 Å². The third-order valence-corrected chi connectivity index (χ3v) is 5.78. The number of aryl methyl sites for hydroxylation is 1. The summed E-state index contributed by atoms with van der Waals surface area (Å²) in [6.07, 6.45) is -0.794. The first-order valence-corrected chi connectivity index (χ1v) is 10.7. The van der Waals surface area contributed by atoms with Gasteiger partial charge in [-0.05, 0) is 56.5 Å². The van der Waals surface area contributed by atoms with Gasteiger partial charge in [0.1, 0.15) is 21.4 Å². The Balaban J connectivity index is 1.53. The van der Waals surface area contributed by atoms with Crippen molar-refractivity contribution in [3.05, 3.63) is 51.7 Å². The standard InChI is InChI=1S/C20H21N3O4S2/c1-4-26-15-5-7-16(8-6-15)27-13(3)18(24)22-23-19(25)17-12(2)21-20(29-17)14-9-10-28-11-14/h5-11,13H,4H2,1-3H3,(H,22,24)(H,23,25). The van der Waals surface area contributed by atoms with E-state index in [-0.39, 0.29) is 0 Å². The van der Waals surface area contributed by atoms with Crippen molar-refractivity contribution in [3.63, 3.8) is 0 Å². The third kappa shape index (κ3) is 5.33. The van der Waals surface area contributed by atoms with Crippen LogP contribution in [0.15, 0.2) is 41.1 Å². The number of hydrazine groups is 1. The number of benzene rings is 1. The van der Waals surface area contributed by atoms with Crippen LogP contribution in [0, 0.1) is 6.92 Å². The Labute approximate surface area is 176 Å². The predicted molar refractivity (Wildman–Crippen MR) is 113 cm³/mol. The van der Waals surface area contributed by atoms with Gasteiger partial charge in [-0.2, -0.15) is 11.3 Å². The molecule has 3 rings (SSSR count). The SMILES string of the molecule is CCOc1ccc(OC(C)C(=O)NNC(=O)c2sc(-c3ccsc3)nc2C)cc1. The maximum atomic E-state index is 12.4. The lowest BCUT2D eigenvalue weighted by Gasteiger charge is -2.15. The van der Waals surface area contributed by atoms with Gasteiger partial charge in [-0.25, -0.2) is 4.98 Å². The molecule has 0 saturated carbocycles. The zero-order chi connectivity index (χ0) is 20.8. The number of nitrogens with one attached hydrogen (secondary N) is 2. The monoisotopic (exact) mass is 431 g/mol. The normalized spacial score (nSPS) is 11.6. The number of carbonyl (C=O) groups excluding carboxylic acids is 2. The first-order valence-electron chi connectivity index (χ1n) is 8.97. The smallest absolute Gasteiger partial charge is 0.281 e. The highest BCUT2D eigenvalue weighted by atomic mass is 32.1. The minimum Gasteiger partial charge on any atom is -0.494 e. The summed E-state index contributed by atoms with van der Waals surface area (Å²) in [7, 11) is 0. The Hall–Kier alpha value is -2.91. The van der Waals surface area contributed by atoms with Crippen LogP contribution in [0.5, 0.6) is 11.5 Å². The second kappa shape index (κ2) is 9.53. The van der Waals surface area contributed by atoms with Crippen LogP contribution in [0.2, 0.25) is 0 Å². The molecule has 1 atom stereocenters. The second-order valence-corrected chi connectivity index (χ2v) is 7.83. The lowest BCUT2D eigenvalue weighted by atomic mass is 10.3. The summed E-state index contributed by atoms with van der Waals surface area (Å²) in [6.45, 7) is 5.85. The molecule has 2 N–H and O–H groups in total. The van der Waals surface area contributed by atoms with Gasteiger partial charge in [0, 0.05) is 10.9 Å². The van der Waals surface area contributed by atoms with Gasteiger partial charge in [0.15, 0.2) is 6.10 Å². The molecule has 3 aromatic rings. The van der Waals surface area contributed by atoms with E-state index in [0.29, 0.717) is 22.9 Å². The number of hydrogen-bond donors (Lipinski definition) is 2. The van der Waals surface area contributed by atoms with E-state index in [4.69, 9.17) is 9.47 Å². The lowest BCUT2D eigenvalue weighted by Crippen LogP contribution is -2.47. The number of thiazole rings is 1. The molecule has 0 bridgehead atoms. The highest BCUT2D eigenvalue weighted by Gasteiger charge is 2.19. The van der Waals surface area contributed by atoms with E-state index in [1.807, 2.05) is 23.8 Å². The molecule has 0 aliphatic rings. The van der Waals surface area contributed by atoms with Gasteiger partial charge < -0.3 is 9.47 Å². The fourth-order valence-corrected chi connectivity index (χ4v) is 4.11. The van der Waals surface area contributed by atoms with Crippen molar-refractivity contribution in [1.29, 1.82) is 0 Å². The molecule has 152 valence electrons. The molecule has 0 fully saturated rings. The predicted octanol–water partition coefficient (Wildman–Crippen LogP) is 3.81. The molecule has 2 amide bonds. The molecule has 9 heteroatoms. The lowest BCUT2D eigenvalue weighted by molar-refractivity contribution is -0.128. The average Bonchev–Trinajstić information content (AvgIpc) is 3.37. The van der Waals surface area contributed by atoms with E-state index in [0.717, 1.165) is 16.3 Å². The van der Waals surface area contributed by atoms with E-state index in [2.05, 4.69) is 15.8 Å². The van der Waals surface area contributed by atoms with E-state index in [1.54, 1.807) is 49.4 Å². The van der Waals surface area contributed by atoms with Crippen molar-refractivity contribution in [1.82, 2.24) is 15.8 Å². The molecule has 0 radical (unpaired) electrons. The van der Waals surface area contributed by atoms with Gasteiger partial charge in [0.25, 0.3) is 11.8 Å². The van der Waals surface area contributed by atoms with Crippen LogP contribution < -0.4 is 20.3 Å². The van der Waals surface area contributed by atoms with E-state index < -0.39 is 17.9 Å². The van der Waals surface area contributed by atoms with Crippen molar-refractivity contribution in [2.75, 3.05) is 6.61 Å². The Morgan fingerprint density at radius 1 is 1.14 bits per heavy atom. The van der Waals surface area contributed by atoms with Gasteiger partial charge in [-0.3, -0.25) is 20.4 Å². The fourth-order valence-electron chi connectivity index (χ4n) is 2.43. The van der Waals surface area contributed by atoms with E-state index in [1.165, 1.54) is 11.3 Å². The van der Waals surface area contributed by atoms with Crippen LogP contribution in [0.4, 0.5) is 0 Å². The van der Waals surface area contributed by atoms with E-state index in [9.17, 15) is 9.59 Å². The summed E-state index contributed by atoms with van der Waals surface area (Å²) in [5.74, 6) is 0.377. The van der Waals surface area contributed by atoms with Gasteiger partial charge >= 0.3 is 0 Å². The molecule has 0 aliphatic carbocycles. The maximum absolute atomic E-state index is 12.4. The van der Waals surface area contributed by atoms with Crippen LogP contribution in [0.3, 0.4) is 0 Å². The Morgan fingerprint density at radius 2 is 1.86 bits per heavy atom. The minimum absolute atomic E-state index is 0.414. The average molecular weight is 432 g/mol. The molecule has 1 aromatic carbocycles. The summed E-state index contributed by atoms with van der Waals surface area (Å²) in [5, 5.41) is 4.70. The van der Waals surface area contributed by atoms with Crippen molar-refractivity contribution in [3.8, 4) is 22.1 Å². The zero-order valence-electron chi connectivity index (χ0n) is 16.2. The zero-order valence-corrected chi connectivity index (χ0v) is 17.9. The second-order valence-electron chi connectivity index (χ2n) is 6.05. The van der Waals surface area contributed by atoms with Crippen molar-refractivity contribution in [2.45, 2.75) is 26.9 Å². The van der Waals surface area contributed by atoms with Crippen LogP contribution >= 0.6 is 22.7 Å². The number of nitrogens with zero attached hydrogens (tertiary/aromatic N) is 1.